The van der Waals surface area contributed by atoms with Gasteiger partial charge in [0.05, 0.1) is 0 Å². The lowest BCUT2D eigenvalue weighted by Crippen LogP contribution is -2.25. The Kier molecular flexibility index (Phi) is 2.38. The minimum atomic E-state index is 0.298. The maximum Gasteiger partial charge on any atom is 0.127 e. The number of hydrogen-bond donors (Lipinski definition) is 0. The van der Waals surface area contributed by atoms with Crippen molar-refractivity contribution in [2.24, 2.45) is 0 Å². The van der Waals surface area contributed by atoms with Crippen molar-refractivity contribution in [3.63, 3.8) is 0 Å². The molecule has 0 saturated carbocycles. The molecule has 0 saturated heterocycles. The van der Waals surface area contributed by atoms with E-state index >= 15 is 0 Å². The van der Waals surface area contributed by atoms with Crippen LogP contribution < -0.4 is 0 Å². The van der Waals surface area contributed by atoms with E-state index in [1.807, 2.05) is 12.1 Å². The van der Waals surface area contributed by atoms with Gasteiger partial charge in [-0.1, -0.05) is 23.7 Å². The molecule has 0 atom stereocenters. The molecule has 0 unspecified atom stereocenters. The molecule has 1 heterocycles. The van der Waals surface area contributed by atoms with Crippen LogP contribution in [-0.2, 0) is 0 Å². The molecule has 0 fully saturated rings. The van der Waals surface area contributed by atoms with E-state index in [4.69, 9.17) is 11.6 Å². The number of rotatable bonds is 1. The molecule has 0 bridgehead atoms. The van der Waals surface area contributed by atoms with Crippen LogP contribution in [0, 0.1) is 0 Å². The van der Waals surface area contributed by atoms with Crippen LogP contribution >= 0.6 is 11.6 Å². The second-order valence-corrected chi connectivity index (χ2v) is 3.99. The number of benzene rings is 1. The van der Waals surface area contributed by atoms with E-state index in [1.165, 1.54) is 5.56 Å². The van der Waals surface area contributed by atoms with E-state index < -0.39 is 0 Å². The van der Waals surface area contributed by atoms with Crippen LogP contribution in [-0.4, -0.2) is 23.9 Å². The average molecular weight is 209 g/mol. The normalized spacial score (nSPS) is 16.8. The predicted octanol–water partition coefficient (Wildman–Crippen LogP) is 2.69. The van der Waals surface area contributed by atoms with Crippen LogP contribution in [0.1, 0.15) is 11.7 Å². The Bertz CT molecular complexity index is 333. The minimum absolute atomic E-state index is 0.298. The lowest BCUT2D eigenvalue weighted by atomic mass is 10.1. The van der Waals surface area contributed by atoms with Gasteiger partial charge in [0, 0.05) is 31.5 Å². The Morgan fingerprint density at radius 2 is 1.50 bits per heavy atom. The fourth-order valence-electron chi connectivity index (χ4n) is 1.77. The number of nitrogens with zero attached hydrogens (tertiary/aromatic N) is 2. The Morgan fingerprint density at radius 1 is 1.00 bits per heavy atom. The van der Waals surface area contributed by atoms with Gasteiger partial charge in [0.1, 0.15) is 6.17 Å². The first-order valence-corrected chi connectivity index (χ1v) is 4.94. The van der Waals surface area contributed by atoms with E-state index in [1.54, 1.807) is 0 Å². The quantitative estimate of drug-likeness (QED) is 0.700. The van der Waals surface area contributed by atoms with Gasteiger partial charge in [-0.3, -0.25) is 0 Å². The summed E-state index contributed by atoms with van der Waals surface area (Å²) in [4.78, 5) is 4.34. The molecule has 1 aromatic rings. The largest absolute Gasteiger partial charge is 0.355 e. The maximum absolute atomic E-state index is 5.85. The summed E-state index contributed by atoms with van der Waals surface area (Å²) >= 11 is 5.85. The van der Waals surface area contributed by atoms with E-state index in [0.29, 0.717) is 6.17 Å². The van der Waals surface area contributed by atoms with Gasteiger partial charge in [-0.2, -0.15) is 0 Å². The molecule has 0 N–H and O–H groups in total. The van der Waals surface area contributed by atoms with Crippen LogP contribution in [0.5, 0.6) is 0 Å². The highest BCUT2D eigenvalue weighted by Crippen LogP contribution is 2.28. The fraction of sp³-hybridized carbons (Fsp3) is 0.273. The first-order valence-electron chi connectivity index (χ1n) is 4.56. The SMILES string of the molecule is CN1C=CN(C)C1c1ccc(Cl)cc1. The molecule has 0 radical (unpaired) electrons. The Morgan fingerprint density at radius 3 is 2.00 bits per heavy atom. The predicted molar refractivity (Wildman–Crippen MR) is 58.9 cm³/mol. The Labute approximate surface area is 89.4 Å². The molecular formula is C11H13ClN2. The molecule has 1 aromatic carbocycles. The van der Waals surface area contributed by atoms with E-state index in [9.17, 15) is 0 Å². The van der Waals surface area contributed by atoms with E-state index in [-0.39, 0.29) is 0 Å². The molecule has 74 valence electrons. The van der Waals surface area contributed by atoms with Gasteiger partial charge in [-0.15, -0.1) is 0 Å². The third-order valence-electron chi connectivity index (χ3n) is 2.48. The van der Waals surface area contributed by atoms with Gasteiger partial charge >= 0.3 is 0 Å². The third-order valence-corrected chi connectivity index (χ3v) is 2.73. The molecule has 3 heteroatoms. The molecule has 1 aliphatic rings. The second-order valence-electron chi connectivity index (χ2n) is 3.55. The second kappa shape index (κ2) is 3.54. The van der Waals surface area contributed by atoms with Crippen molar-refractivity contribution in [3.05, 3.63) is 47.3 Å². The van der Waals surface area contributed by atoms with Gasteiger partial charge in [0.15, 0.2) is 0 Å². The molecule has 1 aliphatic heterocycles. The zero-order chi connectivity index (χ0) is 10.1. The lowest BCUT2D eigenvalue weighted by molar-refractivity contribution is 0.209. The first-order chi connectivity index (χ1) is 6.68. The highest BCUT2D eigenvalue weighted by atomic mass is 35.5. The average Bonchev–Trinajstić information content (AvgIpc) is 2.49. The van der Waals surface area contributed by atoms with E-state index in [2.05, 4.69) is 48.4 Å². The van der Waals surface area contributed by atoms with Gasteiger partial charge in [-0.05, 0) is 17.7 Å². The smallest absolute Gasteiger partial charge is 0.127 e. The van der Waals surface area contributed by atoms with Crippen LogP contribution in [0.3, 0.4) is 0 Å². The zero-order valence-electron chi connectivity index (χ0n) is 8.31. The molecule has 0 spiro atoms. The van der Waals surface area contributed by atoms with E-state index in [0.717, 1.165) is 5.02 Å². The van der Waals surface area contributed by atoms with Crippen molar-refractivity contribution in [2.45, 2.75) is 6.17 Å². The highest BCUT2D eigenvalue weighted by molar-refractivity contribution is 6.30. The molecule has 0 aliphatic carbocycles. The third kappa shape index (κ3) is 1.58. The van der Waals surface area contributed by atoms with Crippen LogP contribution in [0.25, 0.3) is 0 Å². The van der Waals surface area contributed by atoms with Crippen molar-refractivity contribution in [1.29, 1.82) is 0 Å². The maximum atomic E-state index is 5.85. The lowest BCUT2D eigenvalue weighted by Gasteiger charge is -2.27. The van der Waals surface area contributed by atoms with Crippen LogP contribution in [0.2, 0.25) is 5.02 Å². The molecule has 2 rings (SSSR count). The molecule has 2 nitrogen and oxygen atoms in total. The highest BCUT2D eigenvalue weighted by Gasteiger charge is 2.21. The summed E-state index contributed by atoms with van der Waals surface area (Å²) in [5.41, 5.74) is 1.25. The summed E-state index contributed by atoms with van der Waals surface area (Å²) in [5.74, 6) is 0. The number of halogens is 1. The van der Waals surface area contributed by atoms with Crippen molar-refractivity contribution < 1.29 is 0 Å². The molecule has 14 heavy (non-hydrogen) atoms. The number of hydrogen-bond acceptors (Lipinski definition) is 2. The fourth-order valence-corrected chi connectivity index (χ4v) is 1.89. The van der Waals surface area contributed by atoms with Crippen molar-refractivity contribution in [2.75, 3.05) is 14.1 Å². The molecule has 0 aromatic heterocycles. The summed E-state index contributed by atoms with van der Waals surface area (Å²) < 4.78 is 0. The summed E-state index contributed by atoms with van der Waals surface area (Å²) in [6, 6.07) is 7.98. The van der Waals surface area contributed by atoms with Crippen LogP contribution in [0.15, 0.2) is 36.7 Å². The Balaban J connectivity index is 2.27. The van der Waals surface area contributed by atoms with Crippen molar-refractivity contribution in [1.82, 2.24) is 9.80 Å². The Hall–Kier alpha value is -1.15. The zero-order valence-corrected chi connectivity index (χ0v) is 9.07. The monoisotopic (exact) mass is 208 g/mol. The topological polar surface area (TPSA) is 6.48 Å². The summed E-state index contributed by atoms with van der Waals surface area (Å²) in [6.07, 6.45) is 4.44. The van der Waals surface area contributed by atoms with Gasteiger partial charge in [0.2, 0.25) is 0 Å². The van der Waals surface area contributed by atoms with Crippen molar-refractivity contribution in [3.8, 4) is 0 Å². The molecular weight excluding hydrogens is 196 g/mol. The van der Waals surface area contributed by atoms with Gasteiger partial charge in [-0.25, -0.2) is 0 Å². The van der Waals surface area contributed by atoms with Gasteiger partial charge in [0.25, 0.3) is 0 Å². The van der Waals surface area contributed by atoms with Crippen LogP contribution in [0.4, 0.5) is 0 Å². The standard InChI is InChI=1S/C11H13ClN2/c1-13-7-8-14(2)11(13)9-3-5-10(12)6-4-9/h3-8,11H,1-2H3. The van der Waals surface area contributed by atoms with Gasteiger partial charge < -0.3 is 9.80 Å². The summed E-state index contributed by atoms with van der Waals surface area (Å²) in [5, 5.41) is 0.782. The summed E-state index contributed by atoms with van der Waals surface area (Å²) in [7, 11) is 4.14. The van der Waals surface area contributed by atoms with Crippen molar-refractivity contribution >= 4 is 11.6 Å². The summed E-state index contributed by atoms with van der Waals surface area (Å²) in [6.45, 7) is 0. The minimum Gasteiger partial charge on any atom is -0.355 e. The first kappa shape index (κ1) is 9.41. The molecule has 0 amide bonds.